The molecule has 0 radical (unpaired) electrons. The second-order valence-corrected chi connectivity index (χ2v) is 6.84. The van der Waals surface area contributed by atoms with E-state index in [-0.39, 0.29) is 22.5 Å². The second kappa shape index (κ2) is 7.12. The fourth-order valence-corrected chi connectivity index (χ4v) is 3.02. The molecule has 0 saturated heterocycles. The molecule has 0 atom stereocenters. The summed E-state index contributed by atoms with van der Waals surface area (Å²) in [6, 6.07) is 4.78. The Balaban J connectivity index is 2.80. The summed E-state index contributed by atoms with van der Waals surface area (Å²) in [7, 11) is -3.55. The van der Waals surface area contributed by atoms with Gasteiger partial charge in [0.2, 0.25) is 10.0 Å². The van der Waals surface area contributed by atoms with Crippen LogP contribution in [-0.4, -0.2) is 32.7 Å². The number of benzene rings is 1. The zero-order chi connectivity index (χ0) is 15.3. The van der Waals surface area contributed by atoms with Crippen LogP contribution in [0.4, 0.5) is 0 Å². The Kier molecular flexibility index (Phi) is 6.07. The largest absolute Gasteiger partial charge is 0.389 e. The first-order valence-electron chi connectivity index (χ1n) is 6.26. The van der Waals surface area contributed by atoms with Gasteiger partial charge in [0.1, 0.15) is 4.99 Å². The predicted molar refractivity (Wildman–Crippen MR) is 83.3 cm³/mol. The topological polar surface area (TPSA) is 81.4 Å². The molecule has 0 aliphatic heterocycles. The van der Waals surface area contributed by atoms with Crippen molar-refractivity contribution >= 4 is 27.2 Å². The van der Waals surface area contributed by atoms with E-state index in [9.17, 15) is 8.42 Å². The van der Waals surface area contributed by atoms with Gasteiger partial charge >= 0.3 is 0 Å². The molecule has 3 N–H and O–H groups in total. The third-order valence-electron chi connectivity index (χ3n) is 2.59. The van der Waals surface area contributed by atoms with E-state index in [2.05, 4.69) is 4.72 Å². The molecular formula is C13H20N2O3S2. The zero-order valence-corrected chi connectivity index (χ0v) is 13.5. The molecule has 1 aromatic rings. The minimum atomic E-state index is -3.55. The van der Waals surface area contributed by atoms with Gasteiger partial charge in [-0.15, -0.1) is 0 Å². The van der Waals surface area contributed by atoms with Gasteiger partial charge in [0.15, 0.2) is 0 Å². The van der Waals surface area contributed by atoms with Gasteiger partial charge in [0.25, 0.3) is 0 Å². The Hall–Kier alpha value is -1.02. The monoisotopic (exact) mass is 316 g/mol. The summed E-state index contributed by atoms with van der Waals surface area (Å²) in [5.41, 5.74) is 6.77. The highest BCUT2D eigenvalue weighted by molar-refractivity contribution is 7.89. The number of nitrogens with two attached hydrogens (primary N) is 1. The molecule has 0 bridgehead atoms. The maximum atomic E-state index is 12.1. The molecule has 0 fully saturated rings. The lowest BCUT2D eigenvalue weighted by Crippen LogP contribution is -2.29. The number of ether oxygens (including phenoxy) is 1. The number of nitrogens with one attached hydrogen (secondary N) is 1. The van der Waals surface area contributed by atoms with Crippen molar-refractivity contribution in [2.24, 2.45) is 5.73 Å². The second-order valence-electron chi connectivity index (χ2n) is 4.66. The summed E-state index contributed by atoms with van der Waals surface area (Å²) in [4.78, 5) is 0.470. The third kappa shape index (κ3) is 4.82. The van der Waals surface area contributed by atoms with Crippen LogP contribution in [0.1, 0.15) is 25.0 Å². The van der Waals surface area contributed by atoms with Crippen molar-refractivity contribution in [2.75, 3.05) is 13.2 Å². The molecule has 0 saturated carbocycles. The molecule has 7 heteroatoms. The van der Waals surface area contributed by atoms with E-state index in [1.165, 1.54) is 6.07 Å². The van der Waals surface area contributed by atoms with Crippen LogP contribution in [0, 0.1) is 6.92 Å². The Morgan fingerprint density at radius 3 is 2.60 bits per heavy atom. The van der Waals surface area contributed by atoms with E-state index >= 15 is 0 Å². The van der Waals surface area contributed by atoms with Crippen LogP contribution < -0.4 is 10.5 Å². The fourth-order valence-electron chi connectivity index (χ4n) is 1.65. The van der Waals surface area contributed by atoms with Crippen molar-refractivity contribution in [3.63, 3.8) is 0 Å². The number of sulfonamides is 1. The molecule has 112 valence electrons. The quantitative estimate of drug-likeness (QED) is 0.586. The van der Waals surface area contributed by atoms with Crippen molar-refractivity contribution in [2.45, 2.75) is 31.8 Å². The smallest absolute Gasteiger partial charge is 0.240 e. The Bertz CT molecular complexity index is 583. The molecular weight excluding hydrogens is 296 g/mol. The van der Waals surface area contributed by atoms with E-state index < -0.39 is 10.0 Å². The van der Waals surface area contributed by atoms with Crippen LogP contribution in [0.5, 0.6) is 0 Å². The molecule has 0 amide bonds. The van der Waals surface area contributed by atoms with E-state index in [4.69, 9.17) is 22.7 Å². The Labute approximate surface area is 125 Å². The molecule has 1 rings (SSSR count). The van der Waals surface area contributed by atoms with Gasteiger partial charge in [0, 0.05) is 12.1 Å². The first-order chi connectivity index (χ1) is 9.24. The average Bonchev–Trinajstić information content (AvgIpc) is 2.34. The first kappa shape index (κ1) is 17.0. The number of rotatable bonds is 7. The van der Waals surface area contributed by atoms with Crippen LogP contribution in [0.25, 0.3) is 0 Å². The van der Waals surface area contributed by atoms with Gasteiger partial charge in [-0.1, -0.05) is 18.3 Å². The average molecular weight is 316 g/mol. The van der Waals surface area contributed by atoms with Crippen molar-refractivity contribution in [1.29, 1.82) is 0 Å². The Morgan fingerprint density at radius 1 is 1.45 bits per heavy atom. The molecule has 0 heterocycles. The summed E-state index contributed by atoms with van der Waals surface area (Å²) >= 11 is 4.86. The van der Waals surface area contributed by atoms with Crippen LogP contribution >= 0.6 is 12.2 Å². The molecule has 5 nitrogen and oxygen atoms in total. The minimum Gasteiger partial charge on any atom is -0.389 e. The normalized spacial score (nSPS) is 11.8. The fraction of sp³-hybridized carbons (Fsp3) is 0.462. The van der Waals surface area contributed by atoms with E-state index in [1.807, 2.05) is 13.8 Å². The molecule has 0 aliphatic carbocycles. The van der Waals surface area contributed by atoms with Crippen LogP contribution in [0.3, 0.4) is 0 Å². The van der Waals surface area contributed by atoms with Crippen molar-refractivity contribution in [1.82, 2.24) is 4.72 Å². The number of hydrogen-bond acceptors (Lipinski definition) is 4. The van der Waals surface area contributed by atoms with Crippen LogP contribution in [-0.2, 0) is 14.8 Å². The lowest BCUT2D eigenvalue weighted by Gasteiger charge is -2.11. The van der Waals surface area contributed by atoms with Crippen molar-refractivity contribution in [3.8, 4) is 0 Å². The number of aryl methyl sites for hydroxylation is 1. The lowest BCUT2D eigenvalue weighted by molar-refractivity contribution is 0.0834. The van der Waals surface area contributed by atoms with Crippen LogP contribution in [0.15, 0.2) is 23.1 Å². The molecule has 0 aliphatic rings. The Morgan fingerprint density at radius 2 is 2.10 bits per heavy atom. The molecule has 0 unspecified atom stereocenters. The highest BCUT2D eigenvalue weighted by Gasteiger charge is 2.16. The van der Waals surface area contributed by atoms with Gasteiger partial charge in [-0.2, -0.15) is 0 Å². The summed E-state index contributed by atoms with van der Waals surface area (Å²) in [5, 5.41) is 0. The van der Waals surface area contributed by atoms with E-state index in [0.29, 0.717) is 17.7 Å². The van der Waals surface area contributed by atoms with Gasteiger partial charge in [-0.05, 0) is 38.5 Å². The number of hydrogen-bond donors (Lipinski definition) is 2. The maximum absolute atomic E-state index is 12.1. The van der Waals surface area contributed by atoms with Gasteiger partial charge < -0.3 is 10.5 Å². The predicted octanol–water partition coefficient (Wildman–Crippen LogP) is 1.33. The van der Waals surface area contributed by atoms with Gasteiger partial charge in [-0.3, -0.25) is 0 Å². The van der Waals surface area contributed by atoms with Gasteiger partial charge in [-0.25, -0.2) is 13.1 Å². The minimum absolute atomic E-state index is 0.0751. The molecule has 0 spiro atoms. The zero-order valence-electron chi connectivity index (χ0n) is 11.8. The van der Waals surface area contributed by atoms with Gasteiger partial charge in [0.05, 0.1) is 17.6 Å². The summed E-state index contributed by atoms with van der Waals surface area (Å²) in [5.74, 6) is 0. The highest BCUT2D eigenvalue weighted by Crippen LogP contribution is 2.16. The van der Waals surface area contributed by atoms with Crippen LogP contribution in [0.2, 0.25) is 0 Å². The molecule has 20 heavy (non-hydrogen) atoms. The van der Waals surface area contributed by atoms with Crippen molar-refractivity contribution < 1.29 is 13.2 Å². The molecule has 0 aromatic heterocycles. The van der Waals surface area contributed by atoms with E-state index in [1.54, 1.807) is 19.1 Å². The standard InChI is InChI=1S/C13H20N2O3S2/c1-9(2)18-7-6-15-20(16,17)12-5-4-11(13(14)19)8-10(12)3/h4-5,8-9,15H,6-7H2,1-3H3,(H2,14,19). The van der Waals surface area contributed by atoms with E-state index in [0.717, 1.165) is 0 Å². The third-order valence-corrected chi connectivity index (χ3v) is 4.45. The molecule has 1 aromatic carbocycles. The summed E-state index contributed by atoms with van der Waals surface area (Å²) in [6.45, 7) is 6.07. The lowest BCUT2D eigenvalue weighted by atomic mass is 10.1. The SMILES string of the molecule is Cc1cc(C(N)=S)ccc1S(=O)(=O)NCCOC(C)C. The first-order valence-corrected chi connectivity index (χ1v) is 8.15. The summed E-state index contributed by atoms with van der Waals surface area (Å²) in [6.07, 6.45) is 0.0751. The highest BCUT2D eigenvalue weighted by atomic mass is 32.2. The summed E-state index contributed by atoms with van der Waals surface area (Å²) < 4.78 is 32.1. The van der Waals surface area contributed by atoms with Crippen molar-refractivity contribution in [3.05, 3.63) is 29.3 Å². The number of thiocarbonyl (C=S) groups is 1. The maximum Gasteiger partial charge on any atom is 0.240 e.